The van der Waals surface area contributed by atoms with Crippen molar-refractivity contribution in [3.63, 3.8) is 0 Å². The summed E-state index contributed by atoms with van der Waals surface area (Å²) in [5, 5.41) is 0.705. The molecule has 3 N–H and O–H groups in total. The minimum atomic E-state index is -0.0383. The number of nitrogens with one attached hydrogen (secondary N) is 1. The van der Waals surface area contributed by atoms with Crippen molar-refractivity contribution in [1.29, 1.82) is 0 Å². The largest absolute Gasteiger partial charge is 0.377 e. The van der Waals surface area contributed by atoms with Crippen LogP contribution in [0.4, 0.5) is 0 Å². The van der Waals surface area contributed by atoms with E-state index in [1.165, 1.54) is 0 Å². The summed E-state index contributed by atoms with van der Waals surface area (Å²) < 4.78 is 5.50. The second-order valence-electron chi connectivity index (χ2n) is 3.36. The van der Waals surface area contributed by atoms with Crippen molar-refractivity contribution in [2.75, 3.05) is 6.61 Å². The molecule has 0 radical (unpaired) electrons. The van der Waals surface area contributed by atoms with Crippen LogP contribution < -0.4 is 11.3 Å². The topological polar surface area (TPSA) is 47.3 Å². The van der Waals surface area contributed by atoms with Crippen LogP contribution in [0, 0.1) is 0 Å². The highest BCUT2D eigenvalue weighted by Crippen LogP contribution is 2.21. The summed E-state index contributed by atoms with van der Waals surface area (Å²) in [5.41, 5.74) is 3.78. The second-order valence-corrected chi connectivity index (χ2v) is 3.80. The van der Waals surface area contributed by atoms with E-state index in [1.807, 2.05) is 38.1 Å². The normalized spacial score (nSPS) is 14.9. The molecule has 1 aromatic carbocycles. The van der Waals surface area contributed by atoms with Gasteiger partial charge in [0.1, 0.15) is 0 Å². The molecule has 0 aliphatic heterocycles. The molecule has 0 aliphatic carbocycles. The minimum Gasteiger partial charge on any atom is -0.377 e. The Kier molecular flexibility index (Phi) is 5.05. The molecule has 0 amide bonds. The predicted molar refractivity (Wildman–Crippen MR) is 62.6 cm³/mol. The quantitative estimate of drug-likeness (QED) is 0.601. The summed E-state index contributed by atoms with van der Waals surface area (Å²) in [5.74, 6) is 5.51. The number of hydrazine groups is 1. The lowest BCUT2D eigenvalue weighted by Crippen LogP contribution is -2.36. The fourth-order valence-electron chi connectivity index (χ4n) is 1.56. The van der Waals surface area contributed by atoms with Gasteiger partial charge in [0.2, 0.25) is 0 Å². The number of rotatable bonds is 5. The third kappa shape index (κ3) is 3.47. The molecule has 3 nitrogen and oxygen atoms in total. The summed E-state index contributed by atoms with van der Waals surface area (Å²) in [6.45, 7) is 4.61. The van der Waals surface area contributed by atoms with Crippen molar-refractivity contribution < 1.29 is 4.74 Å². The lowest BCUT2D eigenvalue weighted by Gasteiger charge is -2.23. The van der Waals surface area contributed by atoms with Gasteiger partial charge < -0.3 is 4.74 Å². The van der Waals surface area contributed by atoms with E-state index in [0.717, 1.165) is 5.56 Å². The van der Waals surface area contributed by atoms with Gasteiger partial charge in [0.25, 0.3) is 0 Å². The number of halogens is 1. The first-order valence-corrected chi connectivity index (χ1v) is 5.40. The first-order chi connectivity index (χ1) is 7.19. The predicted octanol–water partition coefficient (Wildman–Crippen LogP) is 2.27. The molecule has 0 saturated carbocycles. The summed E-state index contributed by atoms with van der Waals surface area (Å²) >= 11 is 5.92. The highest BCUT2D eigenvalue weighted by molar-refractivity contribution is 6.30. The molecule has 0 aliphatic rings. The maximum absolute atomic E-state index is 5.92. The van der Waals surface area contributed by atoms with Gasteiger partial charge >= 0.3 is 0 Å². The molecule has 1 aromatic rings. The van der Waals surface area contributed by atoms with Crippen molar-refractivity contribution in [1.82, 2.24) is 5.43 Å². The van der Waals surface area contributed by atoms with E-state index in [4.69, 9.17) is 22.2 Å². The molecule has 0 aromatic heterocycles. The lowest BCUT2D eigenvalue weighted by atomic mass is 10.0. The molecule has 84 valence electrons. The van der Waals surface area contributed by atoms with Gasteiger partial charge in [0, 0.05) is 11.6 Å². The Morgan fingerprint density at radius 2 is 2.27 bits per heavy atom. The minimum absolute atomic E-state index is 0.0125. The van der Waals surface area contributed by atoms with Gasteiger partial charge in [-0.15, -0.1) is 0 Å². The van der Waals surface area contributed by atoms with E-state index in [1.54, 1.807) is 0 Å². The number of benzene rings is 1. The monoisotopic (exact) mass is 228 g/mol. The van der Waals surface area contributed by atoms with Crippen molar-refractivity contribution >= 4 is 11.6 Å². The van der Waals surface area contributed by atoms with Crippen LogP contribution in [0.2, 0.25) is 5.02 Å². The number of hydrogen-bond donors (Lipinski definition) is 2. The smallest absolute Gasteiger partial charge is 0.0754 e. The van der Waals surface area contributed by atoms with E-state index < -0.39 is 0 Å². The Morgan fingerprint density at radius 3 is 2.80 bits per heavy atom. The van der Waals surface area contributed by atoms with Crippen molar-refractivity contribution in [2.24, 2.45) is 5.84 Å². The summed E-state index contributed by atoms with van der Waals surface area (Å²) in [7, 11) is 0. The molecular formula is C11H17ClN2O. The van der Waals surface area contributed by atoms with Crippen LogP contribution in [0.15, 0.2) is 24.3 Å². The Bertz CT molecular complexity index is 306. The van der Waals surface area contributed by atoms with E-state index >= 15 is 0 Å². The fourth-order valence-corrected chi connectivity index (χ4v) is 1.76. The molecule has 0 bridgehead atoms. The van der Waals surface area contributed by atoms with E-state index in [0.29, 0.717) is 11.6 Å². The summed E-state index contributed by atoms with van der Waals surface area (Å²) in [6, 6.07) is 7.57. The third-order valence-electron chi connectivity index (χ3n) is 2.29. The molecule has 15 heavy (non-hydrogen) atoms. The number of nitrogens with two attached hydrogens (primary N) is 1. The zero-order chi connectivity index (χ0) is 11.3. The van der Waals surface area contributed by atoms with Gasteiger partial charge in [0.05, 0.1) is 12.1 Å². The van der Waals surface area contributed by atoms with E-state index in [-0.39, 0.29) is 12.1 Å². The Hall–Kier alpha value is -0.610. The van der Waals surface area contributed by atoms with Crippen LogP contribution in [-0.4, -0.2) is 12.7 Å². The molecular weight excluding hydrogens is 212 g/mol. The first kappa shape index (κ1) is 12.5. The molecule has 2 unspecified atom stereocenters. The molecule has 0 saturated heterocycles. The summed E-state index contributed by atoms with van der Waals surface area (Å²) in [6.07, 6.45) is 0.0125. The fraction of sp³-hybridized carbons (Fsp3) is 0.455. The standard InChI is InChI=1S/C11H17ClN2O/c1-3-15-8(2)11(14-13)9-5-4-6-10(12)7-9/h4-8,11,14H,3,13H2,1-2H3. The average Bonchev–Trinajstić information content (AvgIpc) is 2.19. The Morgan fingerprint density at radius 1 is 1.53 bits per heavy atom. The lowest BCUT2D eigenvalue weighted by molar-refractivity contribution is 0.0472. The average molecular weight is 229 g/mol. The summed E-state index contributed by atoms with van der Waals surface area (Å²) in [4.78, 5) is 0. The van der Waals surface area contributed by atoms with Crippen LogP contribution in [0.25, 0.3) is 0 Å². The number of hydrogen-bond acceptors (Lipinski definition) is 3. The molecule has 0 fully saturated rings. The third-order valence-corrected chi connectivity index (χ3v) is 2.52. The van der Waals surface area contributed by atoms with E-state index in [9.17, 15) is 0 Å². The molecule has 1 rings (SSSR count). The van der Waals surface area contributed by atoms with Crippen molar-refractivity contribution in [2.45, 2.75) is 26.0 Å². The van der Waals surface area contributed by atoms with Gasteiger partial charge in [-0.25, -0.2) is 0 Å². The van der Waals surface area contributed by atoms with Crippen LogP contribution in [-0.2, 0) is 4.74 Å². The molecule has 4 heteroatoms. The van der Waals surface area contributed by atoms with Crippen molar-refractivity contribution in [3.8, 4) is 0 Å². The molecule has 0 heterocycles. The van der Waals surface area contributed by atoms with Crippen LogP contribution in [0.5, 0.6) is 0 Å². The van der Waals surface area contributed by atoms with Crippen LogP contribution >= 0.6 is 11.6 Å². The first-order valence-electron chi connectivity index (χ1n) is 5.02. The van der Waals surface area contributed by atoms with Gasteiger partial charge in [-0.1, -0.05) is 23.7 Å². The van der Waals surface area contributed by atoms with Crippen molar-refractivity contribution in [3.05, 3.63) is 34.9 Å². The second kappa shape index (κ2) is 6.08. The van der Waals surface area contributed by atoms with Gasteiger partial charge in [-0.2, -0.15) is 0 Å². The molecule has 2 atom stereocenters. The van der Waals surface area contributed by atoms with Crippen LogP contribution in [0.1, 0.15) is 25.5 Å². The SMILES string of the molecule is CCOC(C)C(NN)c1cccc(Cl)c1. The maximum atomic E-state index is 5.92. The van der Waals surface area contributed by atoms with Crippen LogP contribution in [0.3, 0.4) is 0 Å². The maximum Gasteiger partial charge on any atom is 0.0754 e. The Labute approximate surface area is 95.5 Å². The highest BCUT2D eigenvalue weighted by atomic mass is 35.5. The van der Waals surface area contributed by atoms with E-state index in [2.05, 4.69) is 5.43 Å². The zero-order valence-corrected chi connectivity index (χ0v) is 9.79. The number of ether oxygens (including phenoxy) is 1. The molecule has 0 spiro atoms. The van der Waals surface area contributed by atoms with Gasteiger partial charge in [0.15, 0.2) is 0 Å². The van der Waals surface area contributed by atoms with Gasteiger partial charge in [-0.3, -0.25) is 11.3 Å². The van der Waals surface area contributed by atoms with Gasteiger partial charge in [-0.05, 0) is 31.5 Å². The Balaban J connectivity index is 2.82. The highest BCUT2D eigenvalue weighted by Gasteiger charge is 2.17. The zero-order valence-electron chi connectivity index (χ0n) is 9.03.